The van der Waals surface area contributed by atoms with Gasteiger partial charge in [0.25, 0.3) is 0 Å². The largest absolute Gasteiger partial charge is 0.310 e. The van der Waals surface area contributed by atoms with E-state index in [1.807, 2.05) is 0 Å². The van der Waals surface area contributed by atoms with Gasteiger partial charge in [-0.25, -0.2) is 0 Å². The van der Waals surface area contributed by atoms with Crippen LogP contribution in [0.25, 0.3) is 83.1 Å². The highest BCUT2D eigenvalue weighted by molar-refractivity contribution is 6.11. The maximum atomic E-state index is 2.49. The molecule has 0 atom stereocenters. The van der Waals surface area contributed by atoms with Crippen LogP contribution in [-0.4, -0.2) is 4.57 Å². The molecule has 11 aromatic rings. The molecule has 0 saturated heterocycles. The number of para-hydroxylation sites is 2. The summed E-state index contributed by atoms with van der Waals surface area (Å²) in [5.41, 5.74) is 21.6. The monoisotopic (exact) mass is 830 g/mol. The molecule has 0 radical (unpaired) electrons. The summed E-state index contributed by atoms with van der Waals surface area (Å²) in [4.78, 5) is 2.49. The predicted molar refractivity (Wildman–Crippen MR) is 275 cm³/mol. The molecule has 2 heteroatoms. The fourth-order valence-corrected chi connectivity index (χ4v) is 10.5. The Morgan fingerprint density at radius 3 is 1.68 bits per heavy atom. The summed E-state index contributed by atoms with van der Waals surface area (Å²) in [5, 5.41) is 2.42. The summed E-state index contributed by atoms with van der Waals surface area (Å²) in [7, 11) is 0. The van der Waals surface area contributed by atoms with Crippen molar-refractivity contribution in [1.82, 2.24) is 4.57 Å². The maximum absolute atomic E-state index is 2.49. The van der Waals surface area contributed by atoms with E-state index in [1.165, 1.54) is 88.6 Å². The minimum atomic E-state index is -0.0540. The summed E-state index contributed by atoms with van der Waals surface area (Å²) < 4.78 is 2.39. The van der Waals surface area contributed by atoms with Crippen molar-refractivity contribution in [2.75, 3.05) is 4.90 Å². The minimum Gasteiger partial charge on any atom is -0.310 e. The Hall–Kier alpha value is -8.20. The number of hydrogen-bond donors (Lipinski definition) is 0. The van der Waals surface area contributed by atoms with Crippen LogP contribution in [0, 0.1) is 0 Å². The van der Waals surface area contributed by atoms with Crippen molar-refractivity contribution >= 4 is 38.9 Å². The number of nitrogens with zero attached hydrogens (tertiary/aromatic N) is 2. The van der Waals surface area contributed by atoms with E-state index >= 15 is 0 Å². The standard InChI is InChI=1S/C63H46N2/c1-63(2)57-33-16-14-29-52(57)55-41-46(36-38-58(55)63)45-24-18-27-48(40-45)64(49-37-39-60-56(42-49)53-30-15-17-34-59(53)65(60)47-25-10-5-11-26-47)61-35-19-32-51(44-22-8-4-9-23-44)62(61)54-31-13-12-28-50(54)43-20-6-3-7-21-43/h3-42H,1-2H3. The van der Waals surface area contributed by atoms with E-state index < -0.39 is 0 Å². The second-order valence-electron chi connectivity index (χ2n) is 17.7. The Morgan fingerprint density at radius 1 is 0.338 bits per heavy atom. The number of aromatic nitrogens is 1. The Morgan fingerprint density at radius 2 is 0.892 bits per heavy atom. The molecule has 0 N–H and O–H groups in total. The average molecular weight is 831 g/mol. The topological polar surface area (TPSA) is 8.17 Å². The molecule has 308 valence electrons. The minimum absolute atomic E-state index is 0.0540. The number of benzene rings is 10. The predicted octanol–water partition coefficient (Wildman–Crippen LogP) is 17.2. The second-order valence-corrected chi connectivity index (χ2v) is 17.7. The smallest absolute Gasteiger partial charge is 0.0546 e. The van der Waals surface area contributed by atoms with Crippen LogP contribution < -0.4 is 4.90 Å². The third-order valence-electron chi connectivity index (χ3n) is 13.6. The van der Waals surface area contributed by atoms with Crippen molar-refractivity contribution in [3.8, 4) is 61.3 Å². The zero-order valence-electron chi connectivity index (χ0n) is 36.5. The third-order valence-corrected chi connectivity index (χ3v) is 13.6. The van der Waals surface area contributed by atoms with Crippen LogP contribution in [0.1, 0.15) is 25.0 Å². The van der Waals surface area contributed by atoms with Gasteiger partial charge in [0, 0.05) is 38.8 Å². The van der Waals surface area contributed by atoms with E-state index in [0.717, 1.165) is 22.7 Å². The van der Waals surface area contributed by atoms with Crippen molar-refractivity contribution in [3.05, 3.63) is 254 Å². The molecule has 0 amide bonds. The van der Waals surface area contributed by atoms with E-state index in [0.29, 0.717) is 0 Å². The molecule has 0 unspecified atom stereocenters. The summed E-state index contributed by atoms with van der Waals surface area (Å²) in [6, 6.07) is 89.0. The van der Waals surface area contributed by atoms with Crippen molar-refractivity contribution in [1.29, 1.82) is 0 Å². The van der Waals surface area contributed by atoms with Gasteiger partial charge in [-0.05, 0) is 122 Å². The number of fused-ring (bicyclic) bond motifs is 6. The molecule has 2 nitrogen and oxygen atoms in total. The Bertz CT molecular complexity index is 3560. The first-order valence-electron chi connectivity index (χ1n) is 22.6. The normalized spacial score (nSPS) is 12.6. The number of rotatable bonds is 8. The fraction of sp³-hybridized carbons (Fsp3) is 0.0476. The molecule has 0 saturated carbocycles. The van der Waals surface area contributed by atoms with E-state index in [1.54, 1.807) is 0 Å². The zero-order chi connectivity index (χ0) is 43.5. The molecule has 10 aromatic carbocycles. The van der Waals surface area contributed by atoms with Gasteiger partial charge in [0.15, 0.2) is 0 Å². The SMILES string of the molecule is CC1(C)c2ccccc2-c2cc(-c3cccc(N(c4ccc5c(c4)c4ccccc4n5-c4ccccc4)c4cccc(-c5ccccc5)c4-c4ccccc4-c4ccccc4)c3)ccc21. The summed E-state index contributed by atoms with van der Waals surface area (Å²) in [6.07, 6.45) is 0. The summed E-state index contributed by atoms with van der Waals surface area (Å²) in [6.45, 7) is 4.70. The van der Waals surface area contributed by atoms with Crippen LogP contribution in [0.4, 0.5) is 17.1 Å². The van der Waals surface area contributed by atoms with Crippen molar-refractivity contribution in [3.63, 3.8) is 0 Å². The van der Waals surface area contributed by atoms with Gasteiger partial charge in [-0.3, -0.25) is 0 Å². The van der Waals surface area contributed by atoms with E-state index in [2.05, 4.69) is 266 Å². The molecule has 1 aromatic heterocycles. The Kier molecular flexibility index (Phi) is 9.21. The summed E-state index contributed by atoms with van der Waals surface area (Å²) >= 11 is 0. The number of hydrogen-bond acceptors (Lipinski definition) is 1. The van der Waals surface area contributed by atoms with Gasteiger partial charge in [-0.15, -0.1) is 0 Å². The van der Waals surface area contributed by atoms with Gasteiger partial charge < -0.3 is 9.47 Å². The first kappa shape index (κ1) is 38.5. The van der Waals surface area contributed by atoms with E-state index in [4.69, 9.17) is 0 Å². The Labute approximate surface area is 381 Å². The molecule has 65 heavy (non-hydrogen) atoms. The van der Waals surface area contributed by atoms with Gasteiger partial charge in [0.1, 0.15) is 0 Å². The van der Waals surface area contributed by atoms with Crippen LogP contribution in [0.2, 0.25) is 0 Å². The van der Waals surface area contributed by atoms with Crippen molar-refractivity contribution in [2.24, 2.45) is 0 Å². The summed E-state index contributed by atoms with van der Waals surface area (Å²) in [5.74, 6) is 0. The van der Waals surface area contributed by atoms with Crippen LogP contribution in [0.5, 0.6) is 0 Å². The molecule has 0 aliphatic heterocycles. The average Bonchev–Trinajstić information content (AvgIpc) is 3.82. The third kappa shape index (κ3) is 6.40. The molecule has 0 spiro atoms. The van der Waals surface area contributed by atoms with Crippen molar-refractivity contribution < 1.29 is 0 Å². The highest BCUT2D eigenvalue weighted by Gasteiger charge is 2.35. The quantitative estimate of drug-likeness (QED) is 0.148. The van der Waals surface area contributed by atoms with Crippen LogP contribution in [0.3, 0.4) is 0 Å². The van der Waals surface area contributed by atoms with Crippen LogP contribution in [0.15, 0.2) is 243 Å². The highest BCUT2D eigenvalue weighted by atomic mass is 15.1. The first-order valence-corrected chi connectivity index (χ1v) is 22.6. The lowest BCUT2D eigenvalue weighted by molar-refractivity contribution is 0.660. The lowest BCUT2D eigenvalue weighted by atomic mass is 9.82. The lowest BCUT2D eigenvalue weighted by Gasteiger charge is -2.30. The molecule has 0 bridgehead atoms. The van der Waals surface area contributed by atoms with Crippen LogP contribution >= 0.6 is 0 Å². The molecule has 1 aliphatic rings. The van der Waals surface area contributed by atoms with E-state index in [-0.39, 0.29) is 5.41 Å². The van der Waals surface area contributed by atoms with Crippen molar-refractivity contribution in [2.45, 2.75) is 19.3 Å². The van der Waals surface area contributed by atoms with Gasteiger partial charge in [-0.1, -0.05) is 196 Å². The molecule has 1 aliphatic carbocycles. The van der Waals surface area contributed by atoms with Gasteiger partial charge >= 0.3 is 0 Å². The first-order chi connectivity index (χ1) is 32.0. The molecular weight excluding hydrogens is 785 g/mol. The van der Waals surface area contributed by atoms with Gasteiger partial charge in [0.2, 0.25) is 0 Å². The molecule has 12 rings (SSSR count). The molecule has 0 fully saturated rings. The lowest BCUT2D eigenvalue weighted by Crippen LogP contribution is -2.14. The number of anilines is 3. The molecular formula is C63H46N2. The van der Waals surface area contributed by atoms with Gasteiger partial charge in [0.05, 0.1) is 16.7 Å². The second kappa shape index (κ2) is 15.6. The highest BCUT2D eigenvalue weighted by Crippen LogP contribution is 2.51. The van der Waals surface area contributed by atoms with E-state index in [9.17, 15) is 0 Å². The molecule has 1 heterocycles. The fourth-order valence-electron chi connectivity index (χ4n) is 10.5. The Balaban J connectivity index is 1.13. The zero-order valence-corrected chi connectivity index (χ0v) is 36.5. The maximum Gasteiger partial charge on any atom is 0.0546 e. The van der Waals surface area contributed by atoms with Gasteiger partial charge in [-0.2, -0.15) is 0 Å². The van der Waals surface area contributed by atoms with Crippen LogP contribution in [-0.2, 0) is 5.41 Å².